The van der Waals surface area contributed by atoms with Crippen molar-refractivity contribution in [2.45, 2.75) is 26.8 Å². The van der Waals surface area contributed by atoms with Gasteiger partial charge in [0.15, 0.2) is 5.43 Å². The lowest BCUT2D eigenvalue weighted by Crippen LogP contribution is -2.14. The lowest BCUT2D eigenvalue weighted by Gasteiger charge is -2.11. The summed E-state index contributed by atoms with van der Waals surface area (Å²) >= 11 is 0. The normalized spacial score (nSPS) is 10.8. The van der Waals surface area contributed by atoms with Crippen LogP contribution in [0, 0.1) is 13.8 Å². The van der Waals surface area contributed by atoms with Crippen LogP contribution in [0.15, 0.2) is 29.2 Å². The molecule has 1 N–H and O–H groups in total. The predicted molar refractivity (Wildman–Crippen MR) is 69.9 cm³/mol. The number of pyridine rings is 1. The number of benzene rings is 1. The van der Waals surface area contributed by atoms with Crippen LogP contribution < -0.4 is 5.43 Å². The van der Waals surface area contributed by atoms with Crippen molar-refractivity contribution in [3.63, 3.8) is 0 Å². The minimum atomic E-state index is -0.841. The number of rotatable bonds is 3. The number of carboxylic acid groups (broad SMARTS) is 1. The summed E-state index contributed by atoms with van der Waals surface area (Å²) in [4.78, 5) is 22.7. The van der Waals surface area contributed by atoms with Gasteiger partial charge in [-0.25, -0.2) is 0 Å². The number of hydrogen-bond donors (Lipinski definition) is 1. The van der Waals surface area contributed by atoms with Crippen LogP contribution in [0.3, 0.4) is 0 Å². The van der Waals surface area contributed by atoms with E-state index >= 15 is 0 Å². The summed E-state index contributed by atoms with van der Waals surface area (Å²) in [7, 11) is 0. The van der Waals surface area contributed by atoms with E-state index in [0.29, 0.717) is 17.5 Å². The first-order valence-electron chi connectivity index (χ1n) is 5.81. The van der Waals surface area contributed by atoms with Gasteiger partial charge < -0.3 is 9.67 Å². The number of aromatic nitrogens is 1. The minimum absolute atomic E-state index is 0.0141. The molecule has 4 heteroatoms. The lowest BCUT2D eigenvalue weighted by molar-refractivity contribution is -0.137. The summed E-state index contributed by atoms with van der Waals surface area (Å²) in [6.45, 7) is 4.06. The largest absolute Gasteiger partial charge is 0.481 e. The van der Waals surface area contributed by atoms with E-state index < -0.39 is 5.97 Å². The molecule has 0 aliphatic rings. The molecule has 0 radical (unpaired) electrons. The zero-order valence-electron chi connectivity index (χ0n) is 10.4. The van der Waals surface area contributed by atoms with E-state index in [-0.39, 0.29) is 11.8 Å². The molecule has 0 saturated carbocycles. The molecule has 1 aromatic carbocycles. The van der Waals surface area contributed by atoms with Crippen molar-refractivity contribution in [1.29, 1.82) is 0 Å². The van der Waals surface area contributed by atoms with Gasteiger partial charge in [-0.05, 0) is 26.0 Å². The molecule has 1 aromatic heterocycles. The maximum Gasteiger partial charge on any atom is 0.305 e. The number of hydrogen-bond acceptors (Lipinski definition) is 2. The Morgan fingerprint density at radius 1 is 1.33 bits per heavy atom. The third-order valence-electron chi connectivity index (χ3n) is 2.98. The van der Waals surface area contributed by atoms with Gasteiger partial charge in [0.25, 0.3) is 0 Å². The third kappa shape index (κ3) is 2.27. The molecular formula is C14H15NO3. The van der Waals surface area contributed by atoms with E-state index in [2.05, 4.69) is 0 Å². The van der Waals surface area contributed by atoms with E-state index in [0.717, 1.165) is 11.1 Å². The summed E-state index contributed by atoms with van der Waals surface area (Å²) < 4.78 is 1.83. The Labute approximate surface area is 104 Å². The topological polar surface area (TPSA) is 59.3 Å². The van der Waals surface area contributed by atoms with Crippen LogP contribution in [0.2, 0.25) is 0 Å². The molecule has 0 atom stereocenters. The van der Waals surface area contributed by atoms with E-state index in [4.69, 9.17) is 5.11 Å². The fourth-order valence-electron chi connectivity index (χ4n) is 2.06. The molecule has 1 heterocycles. The van der Waals surface area contributed by atoms with Crippen molar-refractivity contribution in [3.05, 3.63) is 45.7 Å². The van der Waals surface area contributed by atoms with Crippen molar-refractivity contribution in [1.82, 2.24) is 4.57 Å². The Balaban J connectivity index is 2.63. The third-order valence-corrected chi connectivity index (χ3v) is 2.98. The summed E-state index contributed by atoms with van der Waals surface area (Å²) in [5.74, 6) is -0.841. The zero-order valence-corrected chi connectivity index (χ0v) is 10.4. The van der Waals surface area contributed by atoms with Gasteiger partial charge in [0.2, 0.25) is 0 Å². The number of carboxylic acids is 1. The highest BCUT2D eigenvalue weighted by atomic mass is 16.4. The van der Waals surface area contributed by atoms with Crippen LogP contribution in [0.1, 0.15) is 17.5 Å². The van der Waals surface area contributed by atoms with Crippen LogP contribution in [-0.4, -0.2) is 15.6 Å². The Kier molecular flexibility index (Phi) is 3.19. The van der Waals surface area contributed by atoms with Gasteiger partial charge in [-0.3, -0.25) is 9.59 Å². The molecule has 4 nitrogen and oxygen atoms in total. The highest BCUT2D eigenvalue weighted by Gasteiger charge is 2.07. The maximum atomic E-state index is 12.0. The molecule has 0 aliphatic carbocycles. The van der Waals surface area contributed by atoms with Crippen LogP contribution in [-0.2, 0) is 11.3 Å². The second kappa shape index (κ2) is 4.64. The highest BCUT2D eigenvalue weighted by molar-refractivity contribution is 5.80. The summed E-state index contributed by atoms with van der Waals surface area (Å²) in [6, 6.07) is 5.64. The van der Waals surface area contributed by atoms with Crippen LogP contribution in [0.25, 0.3) is 10.9 Å². The predicted octanol–water partition coefficient (Wildman–Crippen LogP) is 2.09. The van der Waals surface area contributed by atoms with E-state index in [9.17, 15) is 9.59 Å². The highest BCUT2D eigenvalue weighted by Crippen LogP contribution is 2.14. The van der Waals surface area contributed by atoms with Crippen molar-refractivity contribution < 1.29 is 9.90 Å². The molecule has 0 unspecified atom stereocenters. The molecule has 0 aliphatic heterocycles. The molecule has 18 heavy (non-hydrogen) atoms. The monoisotopic (exact) mass is 245 g/mol. The summed E-state index contributed by atoms with van der Waals surface area (Å²) in [6.07, 6.45) is 1.77. The Morgan fingerprint density at radius 2 is 2.06 bits per heavy atom. The Hall–Kier alpha value is -2.10. The zero-order chi connectivity index (χ0) is 13.3. The van der Waals surface area contributed by atoms with Crippen molar-refractivity contribution in [3.8, 4) is 0 Å². The quantitative estimate of drug-likeness (QED) is 0.900. The summed E-state index contributed by atoms with van der Waals surface area (Å²) in [5.41, 5.74) is 2.46. The molecule has 94 valence electrons. The number of aryl methyl sites for hydroxylation is 3. The fourth-order valence-corrected chi connectivity index (χ4v) is 2.06. The average molecular weight is 245 g/mol. The van der Waals surface area contributed by atoms with Gasteiger partial charge in [0.05, 0.1) is 11.9 Å². The second-order valence-corrected chi connectivity index (χ2v) is 4.50. The van der Waals surface area contributed by atoms with Gasteiger partial charge in [0.1, 0.15) is 0 Å². The van der Waals surface area contributed by atoms with Gasteiger partial charge in [-0.15, -0.1) is 0 Å². The second-order valence-electron chi connectivity index (χ2n) is 4.50. The van der Waals surface area contributed by atoms with Gasteiger partial charge >= 0.3 is 5.97 Å². The molecule has 0 saturated heterocycles. The minimum Gasteiger partial charge on any atom is -0.481 e. The Bertz CT molecular complexity index is 671. The molecular weight excluding hydrogens is 230 g/mol. The molecule has 0 bridgehead atoms. The summed E-state index contributed by atoms with van der Waals surface area (Å²) in [5, 5.41) is 9.39. The van der Waals surface area contributed by atoms with E-state index in [1.807, 2.05) is 29.7 Å². The van der Waals surface area contributed by atoms with Crippen molar-refractivity contribution in [2.24, 2.45) is 0 Å². The lowest BCUT2D eigenvalue weighted by atomic mass is 10.1. The van der Waals surface area contributed by atoms with Crippen molar-refractivity contribution >= 4 is 16.9 Å². The first kappa shape index (κ1) is 12.4. The van der Waals surface area contributed by atoms with Gasteiger partial charge in [-0.2, -0.15) is 0 Å². The van der Waals surface area contributed by atoms with Crippen molar-refractivity contribution in [2.75, 3.05) is 0 Å². The molecule has 2 aromatic rings. The Morgan fingerprint density at radius 3 is 2.72 bits per heavy atom. The number of aliphatic carboxylic acids is 1. The SMILES string of the molecule is Cc1ccc2c(c1)c(=O)c(C)cn2CCC(=O)O. The maximum absolute atomic E-state index is 12.0. The molecule has 0 spiro atoms. The number of fused-ring (bicyclic) bond motifs is 1. The number of carbonyl (C=O) groups is 1. The van der Waals surface area contributed by atoms with Gasteiger partial charge in [-0.1, -0.05) is 11.6 Å². The average Bonchev–Trinajstić information content (AvgIpc) is 2.32. The first-order chi connectivity index (χ1) is 8.49. The molecule has 0 fully saturated rings. The standard InChI is InChI=1S/C14H15NO3/c1-9-3-4-12-11(7-9)14(18)10(2)8-15(12)6-5-13(16)17/h3-4,7-8H,5-6H2,1-2H3,(H,16,17). The van der Waals surface area contributed by atoms with E-state index in [1.54, 1.807) is 13.1 Å². The van der Waals surface area contributed by atoms with Crippen LogP contribution in [0.5, 0.6) is 0 Å². The van der Waals surface area contributed by atoms with Gasteiger partial charge in [0, 0.05) is 23.7 Å². The number of nitrogens with zero attached hydrogens (tertiary/aromatic N) is 1. The molecule has 0 amide bonds. The van der Waals surface area contributed by atoms with Crippen LogP contribution in [0.4, 0.5) is 0 Å². The first-order valence-corrected chi connectivity index (χ1v) is 5.81. The fraction of sp³-hybridized carbons (Fsp3) is 0.286. The smallest absolute Gasteiger partial charge is 0.305 e. The van der Waals surface area contributed by atoms with Crippen LogP contribution >= 0.6 is 0 Å². The van der Waals surface area contributed by atoms with E-state index in [1.165, 1.54) is 0 Å². The molecule has 2 rings (SSSR count).